The maximum atomic E-state index is 13.0. The van der Waals surface area contributed by atoms with E-state index in [-0.39, 0.29) is 5.91 Å². The van der Waals surface area contributed by atoms with Crippen LogP contribution in [0.2, 0.25) is 0 Å². The first-order valence-corrected chi connectivity index (χ1v) is 8.57. The van der Waals surface area contributed by atoms with Crippen LogP contribution in [0.1, 0.15) is 52.5 Å². The van der Waals surface area contributed by atoms with Gasteiger partial charge in [-0.15, -0.1) is 0 Å². The van der Waals surface area contributed by atoms with Gasteiger partial charge in [0.1, 0.15) is 11.4 Å². The number of carbonyl (C=O) groups is 1. The van der Waals surface area contributed by atoms with Gasteiger partial charge in [0.05, 0.1) is 11.4 Å². The van der Waals surface area contributed by atoms with Crippen molar-refractivity contribution in [2.75, 3.05) is 5.32 Å². The molecular weight excluding hydrogens is 316 g/mol. The summed E-state index contributed by atoms with van der Waals surface area (Å²) in [7, 11) is 1.85. The summed E-state index contributed by atoms with van der Waals surface area (Å²) >= 11 is 0. The number of hydrogen-bond acceptors (Lipinski definition) is 4. The van der Waals surface area contributed by atoms with Gasteiger partial charge in [-0.1, -0.05) is 13.8 Å². The van der Waals surface area contributed by atoms with E-state index >= 15 is 0 Å². The van der Waals surface area contributed by atoms with Crippen molar-refractivity contribution in [1.29, 1.82) is 0 Å². The summed E-state index contributed by atoms with van der Waals surface area (Å²) in [5.41, 5.74) is 5.66. The lowest BCUT2D eigenvalue weighted by Crippen LogP contribution is -2.17. The topological polar surface area (TPSA) is 77.1 Å². The van der Waals surface area contributed by atoms with Crippen LogP contribution >= 0.6 is 0 Å². The monoisotopic (exact) mass is 340 g/mol. The van der Waals surface area contributed by atoms with Crippen molar-refractivity contribution in [2.45, 2.75) is 47.5 Å². The summed E-state index contributed by atoms with van der Waals surface area (Å²) in [4.78, 5) is 17.5. The van der Waals surface area contributed by atoms with Crippen LogP contribution in [0.3, 0.4) is 0 Å². The van der Waals surface area contributed by atoms with Gasteiger partial charge in [0.2, 0.25) is 0 Å². The van der Waals surface area contributed by atoms with E-state index in [1.54, 1.807) is 9.20 Å². The van der Waals surface area contributed by atoms with Crippen LogP contribution in [0.5, 0.6) is 0 Å². The molecule has 7 nitrogen and oxygen atoms in total. The van der Waals surface area contributed by atoms with Crippen molar-refractivity contribution in [3.8, 4) is 0 Å². The van der Waals surface area contributed by atoms with E-state index in [1.165, 1.54) is 0 Å². The minimum absolute atomic E-state index is 0.203. The number of anilines is 1. The highest BCUT2D eigenvalue weighted by molar-refractivity contribution is 6.09. The van der Waals surface area contributed by atoms with Crippen LogP contribution in [0.25, 0.3) is 5.65 Å². The molecule has 0 radical (unpaired) electrons. The Morgan fingerprint density at radius 1 is 1.16 bits per heavy atom. The lowest BCUT2D eigenvalue weighted by atomic mass is 10.1. The normalized spacial score (nSPS) is 11.3. The maximum Gasteiger partial charge on any atom is 0.262 e. The van der Waals surface area contributed by atoms with Crippen molar-refractivity contribution in [3.63, 3.8) is 0 Å². The minimum atomic E-state index is -0.203. The molecule has 0 aliphatic heterocycles. The summed E-state index contributed by atoms with van der Waals surface area (Å²) in [6.07, 6.45) is 1.65. The Hall–Kier alpha value is -2.70. The first-order chi connectivity index (χ1) is 11.9. The molecule has 0 saturated carbocycles. The van der Waals surface area contributed by atoms with Crippen LogP contribution in [0.4, 0.5) is 5.82 Å². The smallest absolute Gasteiger partial charge is 0.262 e. The van der Waals surface area contributed by atoms with Gasteiger partial charge in [-0.2, -0.15) is 10.2 Å². The highest BCUT2D eigenvalue weighted by Crippen LogP contribution is 2.23. The predicted octanol–water partition coefficient (Wildman–Crippen LogP) is 2.77. The van der Waals surface area contributed by atoms with E-state index in [4.69, 9.17) is 0 Å². The van der Waals surface area contributed by atoms with Crippen molar-refractivity contribution in [3.05, 3.63) is 40.0 Å². The number of nitrogens with zero attached hydrogens (tertiary/aromatic N) is 5. The lowest BCUT2D eigenvalue weighted by molar-refractivity contribution is 0.102. The number of rotatable bonds is 4. The average molecular weight is 340 g/mol. The van der Waals surface area contributed by atoms with Crippen LogP contribution in [-0.4, -0.2) is 30.3 Å². The number of hydrogen-bond donors (Lipinski definition) is 1. The van der Waals surface area contributed by atoms with Gasteiger partial charge < -0.3 is 5.32 Å². The molecule has 0 aliphatic rings. The second kappa shape index (κ2) is 6.31. The molecule has 1 N–H and O–H groups in total. The van der Waals surface area contributed by atoms with Crippen LogP contribution < -0.4 is 5.32 Å². The molecule has 132 valence electrons. The molecule has 7 heteroatoms. The van der Waals surface area contributed by atoms with Crippen LogP contribution in [-0.2, 0) is 19.9 Å². The predicted molar refractivity (Wildman–Crippen MR) is 97.1 cm³/mol. The van der Waals surface area contributed by atoms with E-state index in [0.29, 0.717) is 16.9 Å². The maximum absolute atomic E-state index is 13.0. The Kier molecular flexibility index (Phi) is 4.32. The molecule has 0 aliphatic carbocycles. The summed E-state index contributed by atoms with van der Waals surface area (Å²) in [5.74, 6) is 0.540. The van der Waals surface area contributed by atoms with E-state index in [0.717, 1.165) is 41.3 Å². The van der Waals surface area contributed by atoms with Crippen molar-refractivity contribution < 1.29 is 4.79 Å². The van der Waals surface area contributed by atoms with E-state index in [9.17, 15) is 4.79 Å². The van der Waals surface area contributed by atoms with Crippen molar-refractivity contribution >= 4 is 17.4 Å². The summed E-state index contributed by atoms with van der Waals surface area (Å²) in [6.45, 7) is 9.85. The fourth-order valence-corrected chi connectivity index (χ4v) is 3.30. The third-order valence-corrected chi connectivity index (χ3v) is 4.45. The number of nitrogens with one attached hydrogen (secondary N) is 1. The molecule has 3 rings (SSSR count). The minimum Gasteiger partial charge on any atom is -0.306 e. The highest BCUT2D eigenvalue weighted by atomic mass is 16.1. The zero-order valence-electron chi connectivity index (χ0n) is 15.6. The Morgan fingerprint density at radius 2 is 1.88 bits per heavy atom. The zero-order valence-corrected chi connectivity index (χ0v) is 15.6. The molecule has 1 amide bonds. The molecule has 0 unspecified atom stereocenters. The number of carbonyl (C=O) groups excluding carboxylic acids is 1. The summed E-state index contributed by atoms with van der Waals surface area (Å²) < 4.78 is 3.46. The average Bonchev–Trinajstić information content (AvgIpc) is 3.04. The molecule has 0 aromatic carbocycles. The van der Waals surface area contributed by atoms with Crippen molar-refractivity contribution in [1.82, 2.24) is 24.4 Å². The van der Waals surface area contributed by atoms with Gasteiger partial charge >= 0.3 is 0 Å². The van der Waals surface area contributed by atoms with Gasteiger partial charge in [0, 0.05) is 24.0 Å². The molecule has 3 aromatic heterocycles. The third-order valence-electron chi connectivity index (χ3n) is 4.45. The SMILES string of the molecule is CCc1nn(C)c(NC(=O)c2c(C)nn3c(C)cc(C)nc23)c1CC. The second-order valence-corrected chi connectivity index (χ2v) is 6.29. The summed E-state index contributed by atoms with van der Waals surface area (Å²) in [5, 5.41) is 12.0. The Bertz CT molecular complexity index is 966. The lowest BCUT2D eigenvalue weighted by Gasteiger charge is -2.08. The van der Waals surface area contributed by atoms with Gasteiger partial charge in [0.15, 0.2) is 5.65 Å². The molecule has 0 spiro atoms. The molecule has 0 fully saturated rings. The number of amides is 1. The summed E-state index contributed by atoms with van der Waals surface area (Å²) in [6, 6.07) is 1.95. The van der Waals surface area contributed by atoms with E-state index in [2.05, 4.69) is 34.3 Å². The van der Waals surface area contributed by atoms with Gasteiger partial charge in [0.25, 0.3) is 5.91 Å². The van der Waals surface area contributed by atoms with Crippen molar-refractivity contribution in [2.24, 2.45) is 7.05 Å². The fourth-order valence-electron chi connectivity index (χ4n) is 3.30. The second-order valence-electron chi connectivity index (χ2n) is 6.29. The number of aryl methyl sites for hydroxylation is 5. The highest BCUT2D eigenvalue weighted by Gasteiger charge is 2.22. The first-order valence-electron chi connectivity index (χ1n) is 8.57. The van der Waals surface area contributed by atoms with E-state index < -0.39 is 0 Å². The number of aromatic nitrogens is 5. The van der Waals surface area contributed by atoms with Gasteiger partial charge in [-0.05, 0) is 39.7 Å². The first kappa shape index (κ1) is 17.1. The third kappa shape index (κ3) is 2.79. The molecular formula is C18H24N6O. The quantitative estimate of drug-likeness (QED) is 0.792. The van der Waals surface area contributed by atoms with Crippen LogP contribution in [0.15, 0.2) is 6.07 Å². The molecule has 0 atom stereocenters. The molecule has 3 heterocycles. The van der Waals surface area contributed by atoms with E-state index in [1.807, 2.05) is 33.9 Å². The van der Waals surface area contributed by atoms with Gasteiger partial charge in [-0.25, -0.2) is 9.50 Å². The fraction of sp³-hybridized carbons (Fsp3) is 0.444. The molecule has 0 bridgehead atoms. The Morgan fingerprint density at radius 3 is 2.52 bits per heavy atom. The number of fused-ring (bicyclic) bond motifs is 1. The molecule has 25 heavy (non-hydrogen) atoms. The molecule has 0 saturated heterocycles. The molecule has 3 aromatic rings. The van der Waals surface area contributed by atoms with Crippen LogP contribution in [0, 0.1) is 20.8 Å². The standard InChI is InChI=1S/C18H24N6O/c1-7-13-14(8-2)22-23(6)16(13)20-18(25)15-12(5)21-24-11(4)9-10(3)19-17(15)24/h9H,7-8H2,1-6H3,(H,20,25). The largest absolute Gasteiger partial charge is 0.306 e. The van der Waals surface area contributed by atoms with Gasteiger partial charge in [-0.3, -0.25) is 9.48 Å². The zero-order chi connectivity index (χ0) is 18.3. The Labute approximate surface area is 147 Å². The Balaban J connectivity index is 2.07.